The number of benzene rings is 1. The average molecular weight is 351 g/mol. The summed E-state index contributed by atoms with van der Waals surface area (Å²) in [6.45, 7) is 5.55. The van der Waals surface area contributed by atoms with E-state index in [1.54, 1.807) is 6.92 Å². The summed E-state index contributed by atoms with van der Waals surface area (Å²) in [5.74, 6) is 1.02. The fraction of sp³-hybridized carbons (Fsp3) is 0.429. The van der Waals surface area contributed by atoms with Crippen molar-refractivity contribution in [1.82, 2.24) is 14.8 Å². The van der Waals surface area contributed by atoms with E-state index >= 15 is 0 Å². The van der Waals surface area contributed by atoms with Gasteiger partial charge in [-0.3, -0.25) is 14.7 Å². The van der Waals surface area contributed by atoms with Gasteiger partial charge in [-0.2, -0.15) is 0 Å². The van der Waals surface area contributed by atoms with Crippen molar-refractivity contribution in [3.8, 4) is 5.75 Å². The van der Waals surface area contributed by atoms with Gasteiger partial charge in [0.05, 0.1) is 12.2 Å². The van der Waals surface area contributed by atoms with Crippen molar-refractivity contribution in [2.24, 2.45) is 0 Å². The molecule has 0 radical (unpaired) electrons. The zero-order valence-corrected chi connectivity index (χ0v) is 15.2. The lowest BCUT2D eigenvalue weighted by Gasteiger charge is -2.43. The van der Waals surface area contributed by atoms with Gasteiger partial charge in [0.2, 0.25) is 5.91 Å². The minimum atomic E-state index is -0.356. The first kappa shape index (κ1) is 17.0. The highest BCUT2D eigenvalue weighted by Gasteiger charge is 2.42. The second kappa shape index (κ2) is 7.08. The number of carbonyl (C=O) groups excluding carboxylic acids is 1. The molecule has 1 aromatic heterocycles. The fourth-order valence-corrected chi connectivity index (χ4v) is 4.09. The molecule has 1 spiro atoms. The van der Waals surface area contributed by atoms with Crippen LogP contribution in [0.4, 0.5) is 0 Å². The van der Waals surface area contributed by atoms with Crippen LogP contribution in [0.15, 0.2) is 48.7 Å². The number of aromatic nitrogens is 1. The van der Waals surface area contributed by atoms with E-state index in [-0.39, 0.29) is 11.5 Å². The molecule has 0 aliphatic carbocycles. The van der Waals surface area contributed by atoms with E-state index in [4.69, 9.17) is 4.74 Å². The molecule has 0 saturated carbocycles. The van der Waals surface area contributed by atoms with Gasteiger partial charge in [-0.1, -0.05) is 24.3 Å². The predicted octanol–water partition coefficient (Wildman–Crippen LogP) is 2.86. The third-order valence-electron chi connectivity index (χ3n) is 5.31. The van der Waals surface area contributed by atoms with Crippen LogP contribution in [0.5, 0.6) is 5.75 Å². The molecule has 2 aromatic rings. The second-order valence-corrected chi connectivity index (χ2v) is 7.40. The summed E-state index contributed by atoms with van der Waals surface area (Å²) >= 11 is 0. The second-order valence-electron chi connectivity index (χ2n) is 7.40. The van der Waals surface area contributed by atoms with Crippen LogP contribution in [-0.4, -0.2) is 45.9 Å². The van der Waals surface area contributed by atoms with E-state index < -0.39 is 0 Å². The third kappa shape index (κ3) is 3.58. The van der Waals surface area contributed by atoms with Crippen LogP contribution < -0.4 is 4.74 Å². The van der Waals surface area contributed by atoms with Gasteiger partial charge >= 0.3 is 0 Å². The third-order valence-corrected chi connectivity index (χ3v) is 5.31. The van der Waals surface area contributed by atoms with E-state index in [1.807, 2.05) is 41.4 Å². The largest absolute Gasteiger partial charge is 0.484 e. The number of fused-ring (bicyclic) bond motifs is 1. The van der Waals surface area contributed by atoms with Crippen molar-refractivity contribution in [3.63, 3.8) is 0 Å². The Morgan fingerprint density at radius 2 is 2.04 bits per heavy atom. The van der Waals surface area contributed by atoms with Crippen molar-refractivity contribution < 1.29 is 9.53 Å². The number of carbonyl (C=O) groups is 1. The predicted molar refractivity (Wildman–Crippen MR) is 99.6 cm³/mol. The molecule has 5 nitrogen and oxygen atoms in total. The maximum Gasteiger partial charge on any atom is 0.219 e. The zero-order chi connectivity index (χ0) is 18.0. The SMILES string of the molecule is CC(=O)N1Cc2ccccc2O[C@]2(CCCN(Cc3ccccn3)C2)C1. The maximum absolute atomic E-state index is 12.2. The molecule has 2 aliphatic heterocycles. The number of rotatable bonds is 2. The van der Waals surface area contributed by atoms with Gasteiger partial charge in [0, 0.05) is 38.3 Å². The molecule has 5 heteroatoms. The first-order valence-corrected chi connectivity index (χ1v) is 9.28. The minimum Gasteiger partial charge on any atom is -0.484 e. The van der Waals surface area contributed by atoms with Crippen LogP contribution >= 0.6 is 0 Å². The van der Waals surface area contributed by atoms with Gasteiger partial charge in [-0.05, 0) is 37.6 Å². The minimum absolute atomic E-state index is 0.103. The van der Waals surface area contributed by atoms with Crippen LogP contribution in [0.25, 0.3) is 0 Å². The average Bonchev–Trinajstić information content (AvgIpc) is 2.79. The van der Waals surface area contributed by atoms with Crippen LogP contribution in [0.2, 0.25) is 0 Å². The van der Waals surface area contributed by atoms with Gasteiger partial charge in [-0.15, -0.1) is 0 Å². The van der Waals surface area contributed by atoms with Crippen molar-refractivity contribution in [2.75, 3.05) is 19.6 Å². The van der Waals surface area contributed by atoms with E-state index in [0.717, 1.165) is 49.5 Å². The molecule has 1 amide bonds. The molecule has 1 aromatic carbocycles. The van der Waals surface area contributed by atoms with Gasteiger partial charge in [0.25, 0.3) is 0 Å². The molecule has 0 N–H and O–H groups in total. The summed E-state index contributed by atoms with van der Waals surface area (Å²) in [6, 6.07) is 14.1. The van der Waals surface area contributed by atoms with E-state index in [0.29, 0.717) is 13.1 Å². The lowest BCUT2D eigenvalue weighted by molar-refractivity contribution is -0.133. The van der Waals surface area contributed by atoms with E-state index in [1.165, 1.54) is 0 Å². The Morgan fingerprint density at radius 3 is 2.85 bits per heavy atom. The number of hydrogen-bond donors (Lipinski definition) is 0. The molecule has 1 saturated heterocycles. The number of ether oxygens (including phenoxy) is 1. The summed E-state index contributed by atoms with van der Waals surface area (Å²) in [5, 5.41) is 0. The van der Waals surface area contributed by atoms with Crippen LogP contribution in [0.1, 0.15) is 31.0 Å². The van der Waals surface area contributed by atoms with Gasteiger partial charge < -0.3 is 9.64 Å². The molecule has 1 fully saturated rings. The maximum atomic E-state index is 12.2. The number of amides is 1. The summed E-state index contributed by atoms with van der Waals surface area (Å²) in [6.07, 6.45) is 3.86. The van der Waals surface area contributed by atoms with Crippen molar-refractivity contribution in [1.29, 1.82) is 0 Å². The van der Waals surface area contributed by atoms with Crippen LogP contribution in [-0.2, 0) is 17.9 Å². The zero-order valence-electron chi connectivity index (χ0n) is 15.2. The van der Waals surface area contributed by atoms with Crippen molar-refractivity contribution in [3.05, 3.63) is 59.9 Å². The highest BCUT2D eigenvalue weighted by molar-refractivity contribution is 5.73. The highest BCUT2D eigenvalue weighted by Crippen LogP contribution is 2.35. The molecule has 1 atom stereocenters. The quantitative estimate of drug-likeness (QED) is 0.835. The molecular formula is C21H25N3O2. The smallest absolute Gasteiger partial charge is 0.219 e. The molecule has 136 valence electrons. The summed E-state index contributed by atoms with van der Waals surface area (Å²) in [4.78, 5) is 21.0. The Balaban J connectivity index is 1.59. The molecule has 2 aliphatic rings. The summed E-state index contributed by atoms with van der Waals surface area (Å²) in [5.41, 5.74) is 1.80. The van der Waals surface area contributed by atoms with Crippen molar-refractivity contribution in [2.45, 2.75) is 38.5 Å². The van der Waals surface area contributed by atoms with E-state index in [9.17, 15) is 4.79 Å². The fourth-order valence-electron chi connectivity index (χ4n) is 4.09. The highest BCUT2D eigenvalue weighted by atomic mass is 16.5. The molecular weight excluding hydrogens is 326 g/mol. The van der Waals surface area contributed by atoms with Gasteiger partial charge in [-0.25, -0.2) is 0 Å². The molecule has 0 unspecified atom stereocenters. The number of para-hydroxylation sites is 1. The monoisotopic (exact) mass is 351 g/mol. The first-order valence-electron chi connectivity index (χ1n) is 9.28. The summed E-state index contributed by atoms with van der Waals surface area (Å²) in [7, 11) is 0. The lowest BCUT2D eigenvalue weighted by Crippen LogP contribution is -2.57. The van der Waals surface area contributed by atoms with Crippen molar-refractivity contribution >= 4 is 5.91 Å². The number of likely N-dealkylation sites (tertiary alicyclic amines) is 1. The Kier molecular flexibility index (Phi) is 4.64. The number of hydrogen-bond acceptors (Lipinski definition) is 4. The molecule has 4 rings (SSSR count). The Labute approximate surface area is 154 Å². The van der Waals surface area contributed by atoms with Crippen LogP contribution in [0.3, 0.4) is 0 Å². The van der Waals surface area contributed by atoms with Gasteiger partial charge in [0.1, 0.15) is 11.4 Å². The number of pyridine rings is 1. The Bertz CT molecular complexity index is 780. The topological polar surface area (TPSA) is 45.7 Å². The number of piperidine rings is 1. The Hall–Kier alpha value is -2.40. The molecule has 0 bridgehead atoms. The first-order chi connectivity index (χ1) is 12.6. The van der Waals surface area contributed by atoms with Crippen LogP contribution in [0, 0.1) is 0 Å². The normalized spacial score (nSPS) is 23.2. The number of nitrogens with zero attached hydrogens (tertiary/aromatic N) is 3. The van der Waals surface area contributed by atoms with E-state index in [2.05, 4.69) is 22.0 Å². The summed E-state index contributed by atoms with van der Waals surface area (Å²) < 4.78 is 6.58. The Morgan fingerprint density at radius 1 is 1.19 bits per heavy atom. The lowest BCUT2D eigenvalue weighted by atomic mass is 9.91. The molecule has 3 heterocycles. The molecule has 26 heavy (non-hydrogen) atoms. The van der Waals surface area contributed by atoms with Gasteiger partial charge in [0.15, 0.2) is 0 Å². The standard InChI is InChI=1S/C21H25N3O2/c1-17(25)24-13-18-7-2-3-9-20(18)26-21(16-24)10-6-12-23(15-21)14-19-8-4-5-11-22-19/h2-5,7-9,11H,6,10,12-16H2,1H3/t21-/m0/s1.